The minimum Gasteiger partial charge on any atom is -0.369 e. The van der Waals surface area contributed by atoms with Crippen molar-refractivity contribution in [3.63, 3.8) is 0 Å². The number of ether oxygens (including phenoxy) is 1. The highest BCUT2D eigenvalue weighted by Gasteiger charge is 2.28. The summed E-state index contributed by atoms with van der Waals surface area (Å²) < 4.78 is 5.88. The van der Waals surface area contributed by atoms with Gasteiger partial charge in [0, 0.05) is 25.6 Å². The molecule has 172 valence electrons. The number of nitrogens with one attached hydrogen (secondary N) is 1. The van der Waals surface area contributed by atoms with Crippen molar-refractivity contribution in [3.05, 3.63) is 76.7 Å². The standard InChI is InChI=1S/C28H34N4O/c1-20-12-13-23-22(18-20)19-24-25(23)27(29-14-9-17-32-15-7-4-8-16-32)31-28(30-24)26(33-2)21-10-5-3-6-11-21/h3,5-6,10-13,18,26H,4,7-9,14-17,19H2,1-2H3,(H,29,30,31). The van der Waals surface area contributed by atoms with E-state index in [0.717, 1.165) is 54.4 Å². The van der Waals surface area contributed by atoms with Gasteiger partial charge in [0.05, 0.1) is 5.69 Å². The molecular formula is C28H34N4O. The molecule has 1 fully saturated rings. The van der Waals surface area contributed by atoms with Crippen molar-refractivity contribution < 1.29 is 4.74 Å². The summed E-state index contributed by atoms with van der Waals surface area (Å²) in [7, 11) is 1.73. The van der Waals surface area contributed by atoms with Gasteiger partial charge in [-0.1, -0.05) is 60.5 Å². The number of piperidine rings is 1. The first-order valence-corrected chi connectivity index (χ1v) is 12.3. The van der Waals surface area contributed by atoms with Crippen LogP contribution in [0.3, 0.4) is 0 Å². The van der Waals surface area contributed by atoms with Crippen LogP contribution < -0.4 is 5.32 Å². The number of aromatic nitrogens is 2. The first-order chi connectivity index (χ1) is 16.2. The van der Waals surface area contributed by atoms with Crippen molar-refractivity contribution >= 4 is 5.82 Å². The van der Waals surface area contributed by atoms with Gasteiger partial charge < -0.3 is 15.0 Å². The number of methoxy groups -OCH3 is 1. The molecule has 0 amide bonds. The van der Waals surface area contributed by atoms with Crippen molar-refractivity contribution in [2.45, 2.75) is 45.1 Å². The monoisotopic (exact) mass is 442 g/mol. The van der Waals surface area contributed by atoms with E-state index in [9.17, 15) is 0 Å². The van der Waals surface area contributed by atoms with Crippen molar-refractivity contribution in [2.75, 3.05) is 38.6 Å². The number of hydrogen-bond donors (Lipinski definition) is 1. The van der Waals surface area contributed by atoms with Gasteiger partial charge in [0.15, 0.2) is 5.82 Å². The van der Waals surface area contributed by atoms with Crippen LogP contribution in [0, 0.1) is 6.92 Å². The lowest BCUT2D eigenvalue weighted by molar-refractivity contribution is 0.129. The predicted octanol–water partition coefficient (Wildman–Crippen LogP) is 5.38. The fourth-order valence-electron chi connectivity index (χ4n) is 5.19. The van der Waals surface area contributed by atoms with Crippen molar-refractivity contribution in [3.8, 4) is 11.1 Å². The van der Waals surface area contributed by atoms with E-state index in [1.807, 2.05) is 18.2 Å². The number of fused-ring (bicyclic) bond motifs is 3. The maximum atomic E-state index is 5.88. The Labute approximate surface area is 197 Å². The van der Waals surface area contributed by atoms with Crippen molar-refractivity contribution in [1.29, 1.82) is 0 Å². The van der Waals surface area contributed by atoms with Crippen molar-refractivity contribution in [2.24, 2.45) is 0 Å². The molecule has 1 aliphatic heterocycles. The molecule has 5 nitrogen and oxygen atoms in total. The van der Waals surface area contributed by atoms with Crippen molar-refractivity contribution in [1.82, 2.24) is 14.9 Å². The molecule has 1 aliphatic carbocycles. The molecule has 33 heavy (non-hydrogen) atoms. The van der Waals surface area contributed by atoms with Crippen LogP contribution in [0.1, 0.15) is 60.0 Å². The molecule has 0 bridgehead atoms. The highest BCUT2D eigenvalue weighted by molar-refractivity contribution is 5.84. The first kappa shape index (κ1) is 22.1. The van der Waals surface area contributed by atoms with E-state index in [1.54, 1.807) is 7.11 Å². The molecule has 5 heteroatoms. The van der Waals surface area contributed by atoms with Gasteiger partial charge in [-0.15, -0.1) is 0 Å². The normalized spacial score (nSPS) is 16.3. The first-order valence-electron chi connectivity index (χ1n) is 12.3. The third-order valence-electron chi connectivity index (χ3n) is 6.85. The summed E-state index contributed by atoms with van der Waals surface area (Å²) in [6.45, 7) is 6.69. The molecule has 2 aromatic carbocycles. The molecule has 0 spiro atoms. The minimum atomic E-state index is -0.282. The Bertz CT molecular complexity index is 1090. The van der Waals surface area contributed by atoms with Crippen LogP contribution in [-0.2, 0) is 11.2 Å². The van der Waals surface area contributed by atoms with Gasteiger partial charge in [-0.2, -0.15) is 0 Å². The van der Waals surface area contributed by atoms with E-state index >= 15 is 0 Å². The number of likely N-dealkylation sites (tertiary alicyclic amines) is 1. The minimum absolute atomic E-state index is 0.282. The van der Waals surface area contributed by atoms with Gasteiger partial charge in [0.1, 0.15) is 11.9 Å². The third kappa shape index (κ3) is 4.80. The molecule has 5 rings (SSSR count). The predicted molar refractivity (Wildman–Crippen MR) is 134 cm³/mol. The second-order valence-electron chi connectivity index (χ2n) is 9.30. The van der Waals surface area contributed by atoms with Gasteiger partial charge >= 0.3 is 0 Å². The van der Waals surface area contributed by atoms with Crippen LogP contribution in [0.25, 0.3) is 11.1 Å². The lowest BCUT2D eigenvalue weighted by Crippen LogP contribution is -2.31. The lowest BCUT2D eigenvalue weighted by atomic mass is 10.0. The van der Waals surface area contributed by atoms with Gasteiger partial charge in [0.25, 0.3) is 0 Å². The van der Waals surface area contributed by atoms with Crippen LogP contribution >= 0.6 is 0 Å². The van der Waals surface area contributed by atoms with Gasteiger partial charge in [-0.3, -0.25) is 0 Å². The molecule has 2 aliphatic rings. The fourth-order valence-corrected chi connectivity index (χ4v) is 5.19. The maximum Gasteiger partial charge on any atom is 0.164 e. The van der Waals surface area contributed by atoms with Crippen LogP contribution in [0.4, 0.5) is 5.82 Å². The molecule has 0 radical (unpaired) electrons. The number of benzene rings is 2. The highest BCUT2D eigenvalue weighted by atomic mass is 16.5. The molecule has 1 aromatic heterocycles. The SMILES string of the molecule is COC(c1ccccc1)c1nc2c(c(NCCCN3CCCCC3)n1)-c1ccc(C)cc1C2. The summed E-state index contributed by atoms with van der Waals surface area (Å²) in [6, 6.07) is 16.9. The Balaban J connectivity index is 1.43. The zero-order chi connectivity index (χ0) is 22.6. The van der Waals surface area contributed by atoms with Crippen LogP contribution in [0.5, 0.6) is 0 Å². The molecule has 2 heterocycles. The number of hydrogen-bond acceptors (Lipinski definition) is 5. The largest absolute Gasteiger partial charge is 0.369 e. The topological polar surface area (TPSA) is 50.3 Å². The van der Waals surface area contributed by atoms with E-state index in [4.69, 9.17) is 14.7 Å². The molecular weight excluding hydrogens is 408 g/mol. The molecule has 1 atom stereocenters. The van der Waals surface area contributed by atoms with Crippen LogP contribution in [0.15, 0.2) is 48.5 Å². The maximum absolute atomic E-state index is 5.88. The summed E-state index contributed by atoms with van der Waals surface area (Å²) in [5.41, 5.74) is 7.20. The Morgan fingerprint density at radius 3 is 2.64 bits per heavy atom. The highest BCUT2D eigenvalue weighted by Crippen LogP contribution is 2.41. The average Bonchev–Trinajstić information content (AvgIpc) is 3.21. The van der Waals surface area contributed by atoms with E-state index in [-0.39, 0.29) is 6.10 Å². The molecule has 1 unspecified atom stereocenters. The van der Waals surface area contributed by atoms with Gasteiger partial charge in [-0.05, 0) is 62.5 Å². The van der Waals surface area contributed by atoms with Gasteiger partial charge in [0.2, 0.25) is 0 Å². The van der Waals surface area contributed by atoms with Crippen LogP contribution in [-0.4, -0.2) is 48.2 Å². The Hall–Kier alpha value is -2.76. The summed E-state index contributed by atoms with van der Waals surface area (Å²) in [6.07, 6.45) is 5.73. The van der Waals surface area contributed by atoms with E-state index in [2.05, 4.69) is 47.5 Å². The second kappa shape index (κ2) is 10.0. The molecule has 0 saturated carbocycles. The van der Waals surface area contributed by atoms with Gasteiger partial charge in [-0.25, -0.2) is 9.97 Å². The lowest BCUT2D eigenvalue weighted by Gasteiger charge is -2.26. The summed E-state index contributed by atoms with van der Waals surface area (Å²) in [5.74, 6) is 1.67. The summed E-state index contributed by atoms with van der Waals surface area (Å²) in [4.78, 5) is 12.7. The zero-order valence-electron chi connectivity index (χ0n) is 19.8. The number of anilines is 1. The molecule has 1 saturated heterocycles. The fraction of sp³-hybridized carbons (Fsp3) is 0.429. The molecule has 1 N–H and O–H groups in total. The third-order valence-corrected chi connectivity index (χ3v) is 6.85. The Morgan fingerprint density at radius 2 is 1.85 bits per heavy atom. The van der Waals surface area contributed by atoms with E-state index in [0.29, 0.717) is 0 Å². The molecule has 3 aromatic rings. The number of nitrogens with zero attached hydrogens (tertiary/aromatic N) is 3. The average molecular weight is 443 g/mol. The van der Waals surface area contributed by atoms with Crippen LogP contribution in [0.2, 0.25) is 0 Å². The zero-order valence-corrected chi connectivity index (χ0v) is 19.8. The summed E-state index contributed by atoms with van der Waals surface area (Å²) in [5, 5.41) is 3.68. The van der Waals surface area contributed by atoms with E-state index < -0.39 is 0 Å². The Morgan fingerprint density at radius 1 is 1.03 bits per heavy atom. The quantitative estimate of drug-likeness (QED) is 0.371. The Kier molecular flexibility index (Phi) is 6.70. The second-order valence-corrected chi connectivity index (χ2v) is 9.30. The summed E-state index contributed by atoms with van der Waals surface area (Å²) >= 11 is 0. The van der Waals surface area contributed by atoms with E-state index in [1.165, 1.54) is 49.0 Å². The number of rotatable bonds is 8. The smallest absolute Gasteiger partial charge is 0.164 e. The number of aryl methyl sites for hydroxylation is 1.